The minimum Gasteiger partial charge on any atom is -0.481 e. The normalized spacial score (nSPS) is 19.9. The first kappa shape index (κ1) is 19.0. The number of piperidine rings is 1. The number of carboxylic acids is 1. The lowest BCUT2D eigenvalue weighted by molar-refractivity contribution is -0.155. The Morgan fingerprint density at radius 3 is 2.67 bits per heavy atom. The molecule has 1 unspecified atom stereocenters. The van der Waals surface area contributed by atoms with Crippen LogP contribution in [0, 0.1) is 18.2 Å². The van der Waals surface area contributed by atoms with E-state index in [1.165, 1.54) is 28.8 Å². The number of benzene rings is 1. The minimum absolute atomic E-state index is 0.0181. The Balaban J connectivity index is 1.84. The predicted octanol–water partition coefficient (Wildman–Crippen LogP) is 1.67. The van der Waals surface area contributed by atoms with Gasteiger partial charge in [0.05, 0.1) is 12.3 Å². The van der Waals surface area contributed by atoms with E-state index in [1.54, 1.807) is 19.1 Å². The molecule has 1 aromatic heterocycles. The molecule has 2 heterocycles. The van der Waals surface area contributed by atoms with E-state index >= 15 is 0 Å². The van der Waals surface area contributed by atoms with E-state index in [0.717, 1.165) is 0 Å². The number of rotatable bonds is 5. The van der Waals surface area contributed by atoms with Gasteiger partial charge in [-0.1, -0.05) is 0 Å². The Morgan fingerprint density at radius 1 is 1.33 bits per heavy atom. The van der Waals surface area contributed by atoms with Crippen LogP contribution in [0.4, 0.5) is 4.39 Å². The molecule has 0 aliphatic carbocycles. The first-order valence-electron chi connectivity index (χ1n) is 8.57. The molecule has 9 heteroatoms. The second-order valence-corrected chi connectivity index (χ2v) is 6.72. The molecule has 0 spiro atoms. The number of ether oxygens (including phenoxy) is 1. The zero-order chi connectivity index (χ0) is 19.6. The number of methoxy groups -OCH3 is 1. The maximum absolute atomic E-state index is 13.1. The van der Waals surface area contributed by atoms with Gasteiger partial charge in [-0.25, -0.2) is 14.1 Å². The van der Waals surface area contributed by atoms with Crippen LogP contribution in [0.5, 0.6) is 0 Å². The lowest BCUT2D eigenvalue weighted by Gasteiger charge is -2.38. The highest BCUT2D eigenvalue weighted by Crippen LogP contribution is 2.31. The van der Waals surface area contributed by atoms with Crippen LogP contribution >= 0.6 is 0 Å². The minimum atomic E-state index is -1.13. The van der Waals surface area contributed by atoms with Crippen molar-refractivity contribution in [3.05, 3.63) is 41.7 Å². The Kier molecular flexibility index (Phi) is 5.22. The average molecular weight is 376 g/mol. The number of hydrogen-bond donors (Lipinski definition) is 1. The summed E-state index contributed by atoms with van der Waals surface area (Å²) in [5.74, 6) is -1.33. The molecule has 1 fully saturated rings. The molecule has 1 aromatic carbocycles. The van der Waals surface area contributed by atoms with Crippen LogP contribution in [0.25, 0.3) is 5.69 Å². The average Bonchev–Trinajstić information content (AvgIpc) is 3.04. The van der Waals surface area contributed by atoms with Gasteiger partial charge >= 0.3 is 5.97 Å². The van der Waals surface area contributed by atoms with Gasteiger partial charge in [-0.15, -0.1) is 5.10 Å². The summed E-state index contributed by atoms with van der Waals surface area (Å²) in [6, 6.07) is 5.68. The highest BCUT2D eigenvalue weighted by atomic mass is 19.1. The Bertz CT molecular complexity index is 848. The van der Waals surface area contributed by atoms with E-state index in [9.17, 15) is 19.1 Å². The van der Waals surface area contributed by atoms with Crippen molar-refractivity contribution in [2.45, 2.75) is 19.8 Å². The van der Waals surface area contributed by atoms with E-state index in [0.29, 0.717) is 30.9 Å². The topological polar surface area (TPSA) is 97.5 Å². The van der Waals surface area contributed by atoms with Gasteiger partial charge in [-0.2, -0.15) is 0 Å². The van der Waals surface area contributed by atoms with Crippen LogP contribution < -0.4 is 0 Å². The van der Waals surface area contributed by atoms with E-state index in [1.807, 2.05) is 0 Å². The summed E-state index contributed by atoms with van der Waals surface area (Å²) in [5.41, 5.74) is -0.546. The van der Waals surface area contributed by atoms with Crippen molar-refractivity contribution >= 4 is 11.9 Å². The highest BCUT2D eigenvalue weighted by molar-refractivity contribution is 5.91. The summed E-state index contributed by atoms with van der Waals surface area (Å²) in [6.07, 6.45) is 0.996. The molecule has 1 N–H and O–H groups in total. The number of likely N-dealkylation sites (tertiary alicyclic amines) is 1. The van der Waals surface area contributed by atoms with E-state index < -0.39 is 17.3 Å². The third kappa shape index (κ3) is 3.68. The molecule has 27 heavy (non-hydrogen) atoms. The molecule has 144 valence electrons. The van der Waals surface area contributed by atoms with E-state index in [2.05, 4.69) is 10.1 Å². The molecule has 0 saturated carbocycles. The van der Waals surface area contributed by atoms with Gasteiger partial charge in [0.15, 0.2) is 0 Å². The zero-order valence-corrected chi connectivity index (χ0v) is 15.2. The molecule has 1 aliphatic heterocycles. The number of aliphatic carboxylic acids is 1. The third-order valence-electron chi connectivity index (χ3n) is 4.77. The van der Waals surface area contributed by atoms with Crippen molar-refractivity contribution in [3.8, 4) is 5.69 Å². The molecule has 1 saturated heterocycles. The Labute approximate surface area is 155 Å². The number of hydrogen-bond acceptors (Lipinski definition) is 5. The number of aromatic nitrogens is 3. The first-order chi connectivity index (χ1) is 12.9. The summed E-state index contributed by atoms with van der Waals surface area (Å²) >= 11 is 0. The molecule has 1 atom stereocenters. The molecular formula is C18H21FN4O4. The van der Waals surface area contributed by atoms with Crippen LogP contribution in [0.15, 0.2) is 24.3 Å². The maximum Gasteiger partial charge on any atom is 0.313 e. The van der Waals surface area contributed by atoms with Gasteiger partial charge in [0, 0.05) is 20.2 Å². The number of carbonyl (C=O) groups excluding carboxylic acids is 1. The molecule has 3 rings (SSSR count). The second-order valence-electron chi connectivity index (χ2n) is 6.72. The number of carboxylic acid groups (broad SMARTS) is 1. The second kappa shape index (κ2) is 7.43. The van der Waals surface area contributed by atoms with Crippen molar-refractivity contribution in [3.63, 3.8) is 0 Å². The molecule has 1 amide bonds. The fraction of sp³-hybridized carbons (Fsp3) is 0.444. The molecular weight excluding hydrogens is 355 g/mol. The quantitative estimate of drug-likeness (QED) is 0.853. The summed E-state index contributed by atoms with van der Waals surface area (Å²) in [4.78, 5) is 30.3. The molecule has 0 bridgehead atoms. The standard InChI is InChI=1S/C18H21FN4O4/c1-12-20-15(21-23(12)14-6-4-13(19)5-7-14)16(24)22-9-3-8-18(10-22,11-27-2)17(25)26/h4-7H,3,8-11H2,1-2H3,(H,25,26). The largest absolute Gasteiger partial charge is 0.481 e. The van der Waals surface area contributed by atoms with Crippen LogP contribution in [0.1, 0.15) is 29.3 Å². The number of aryl methyl sites for hydroxylation is 1. The maximum atomic E-state index is 13.1. The van der Waals surface area contributed by atoms with Gasteiger partial charge in [-0.05, 0) is 44.0 Å². The smallest absolute Gasteiger partial charge is 0.313 e. The summed E-state index contributed by atoms with van der Waals surface area (Å²) in [5, 5.41) is 13.9. The SMILES string of the molecule is COCC1(C(=O)O)CCCN(C(=O)c2nc(C)n(-c3ccc(F)cc3)n2)C1. The van der Waals surface area contributed by atoms with Gasteiger partial charge in [0.25, 0.3) is 5.91 Å². The zero-order valence-electron chi connectivity index (χ0n) is 15.2. The van der Waals surface area contributed by atoms with Crippen LogP contribution in [0.2, 0.25) is 0 Å². The van der Waals surface area contributed by atoms with Crippen molar-refractivity contribution < 1.29 is 23.8 Å². The molecule has 0 radical (unpaired) electrons. The highest BCUT2D eigenvalue weighted by Gasteiger charge is 2.44. The van der Waals surface area contributed by atoms with Gasteiger partial charge in [0.2, 0.25) is 5.82 Å². The summed E-state index contributed by atoms with van der Waals surface area (Å²) in [7, 11) is 1.45. The molecule has 8 nitrogen and oxygen atoms in total. The Morgan fingerprint density at radius 2 is 2.04 bits per heavy atom. The summed E-state index contributed by atoms with van der Waals surface area (Å²) in [6.45, 7) is 2.19. The number of carbonyl (C=O) groups is 2. The van der Waals surface area contributed by atoms with Gasteiger partial charge in [0.1, 0.15) is 17.1 Å². The molecule has 1 aliphatic rings. The van der Waals surface area contributed by atoms with Crippen LogP contribution in [-0.2, 0) is 9.53 Å². The number of amides is 1. The van der Waals surface area contributed by atoms with E-state index in [4.69, 9.17) is 4.74 Å². The summed E-state index contributed by atoms with van der Waals surface area (Å²) < 4.78 is 19.7. The van der Waals surface area contributed by atoms with Gasteiger partial charge in [-0.3, -0.25) is 9.59 Å². The van der Waals surface area contributed by atoms with Crippen molar-refractivity contribution in [2.75, 3.05) is 26.8 Å². The van der Waals surface area contributed by atoms with Gasteiger partial charge < -0.3 is 14.7 Å². The number of nitrogens with zero attached hydrogens (tertiary/aromatic N) is 4. The first-order valence-corrected chi connectivity index (χ1v) is 8.57. The van der Waals surface area contributed by atoms with Crippen molar-refractivity contribution in [2.24, 2.45) is 5.41 Å². The molecule has 2 aromatic rings. The number of halogens is 1. The lowest BCUT2D eigenvalue weighted by atomic mass is 9.80. The predicted molar refractivity (Wildman–Crippen MR) is 93.1 cm³/mol. The third-order valence-corrected chi connectivity index (χ3v) is 4.77. The van der Waals surface area contributed by atoms with Crippen LogP contribution in [-0.4, -0.2) is 63.5 Å². The van der Waals surface area contributed by atoms with Crippen LogP contribution in [0.3, 0.4) is 0 Å². The fourth-order valence-corrected chi connectivity index (χ4v) is 3.38. The van der Waals surface area contributed by atoms with E-state index in [-0.39, 0.29) is 24.8 Å². The lowest BCUT2D eigenvalue weighted by Crippen LogP contribution is -2.52. The monoisotopic (exact) mass is 376 g/mol. The fourth-order valence-electron chi connectivity index (χ4n) is 3.38. The Hall–Kier alpha value is -2.81. The van der Waals surface area contributed by atoms with Crippen molar-refractivity contribution in [1.82, 2.24) is 19.7 Å². The van der Waals surface area contributed by atoms with Crippen molar-refractivity contribution in [1.29, 1.82) is 0 Å².